The predicted molar refractivity (Wildman–Crippen MR) is 99.2 cm³/mol. The molecule has 1 aromatic carbocycles. The van der Waals surface area contributed by atoms with Crippen LogP contribution in [0, 0.1) is 20.8 Å². The number of hydrogen-bond acceptors (Lipinski definition) is 5. The number of aryl methyl sites for hydroxylation is 3. The molecule has 3 rings (SSSR count). The van der Waals surface area contributed by atoms with E-state index in [1.165, 1.54) is 5.56 Å². The van der Waals surface area contributed by atoms with E-state index in [1.54, 1.807) is 25.2 Å². The average Bonchev–Trinajstić information content (AvgIpc) is 3.14. The van der Waals surface area contributed by atoms with E-state index >= 15 is 0 Å². The monoisotopic (exact) mass is 376 g/mol. The molecule has 2 heterocycles. The number of aromatic amines is 1. The maximum absolute atomic E-state index is 12.4. The van der Waals surface area contributed by atoms with E-state index in [0.29, 0.717) is 24.4 Å². The molecule has 0 saturated heterocycles. The molecule has 8 heteroatoms. The highest BCUT2D eigenvalue weighted by molar-refractivity contribution is 7.89. The summed E-state index contributed by atoms with van der Waals surface area (Å²) in [5.74, 6) is 0. The first kappa shape index (κ1) is 17.8. The fraction of sp³-hybridized carbons (Fsp3) is 0.294. The highest BCUT2D eigenvalue weighted by atomic mass is 32.2. The highest BCUT2D eigenvalue weighted by Gasteiger charge is 2.21. The first-order chi connectivity index (χ1) is 11.9. The molecule has 132 valence electrons. The van der Waals surface area contributed by atoms with Crippen molar-refractivity contribution in [3.63, 3.8) is 0 Å². The molecule has 2 aromatic heterocycles. The van der Waals surface area contributed by atoms with Crippen LogP contribution in [0.2, 0.25) is 0 Å². The normalized spacial score (nSPS) is 11.8. The van der Waals surface area contributed by atoms with Gasteiger partial charge in [-0.3, -0.25) is 5.10 Å². The quantitative estimate of drug-likeness (QED) is 0.692. The molecule has 0 radical (unpaired) electrons. The maximum Gasteiger partial charge on any atom is 0.244 e. The van der Waals surface area contributed by atoms with E-state index in [4.69, 9.17) is 0 Å². The summed E-state index contributed by atoms with van der Waals surface area (Å²) < 4.78 is 27.4. The number of sulfonamides is 1. The fourth-order valence-corrected chi connectivity index (χ4v) is 4.90. The van der Waals surface area contributed by atoms with Crippen LogP contribution in [0.1, 0.15) is 22.6 Å². The number of hydrogen-bond donors (Lipinski definition) is 2. The van der Waals surface area contributed by atoms with E-state index in [2.05, 4.69) is 26.0 Å². The van der Waals surface area contributed by atoms with Crippen molar-refractivity contribution >= 4 is 21.4 Å². The second kappa shape index (κ2) is 7.07. The van der Waals surface area contributed by atoms with Crippen LogP contribution in [0.15, 0.2) is 34.5 Å². The molecule has 0 spiro atoms. The molecule has 3 aromatic rings. The summed E-state index contributed by atoms with van der Waals surface area (Å²) in [6.45, 7) is 5.71. The molecule has 6 nitrogen and oxygen atoms in total. The van der Waals surface area contributed by atoms with Crippen LogP contribution in [0.25, 0.3) is 10.6 Å². The number of H-pyrrole nitrogens is 1. The Morgan fingerprint density at radius 3 is 2.72 bits per heavy atom. The van der Waals surface area contributed by atoms with Crippen molar-refractivity contribution in [1.82, 2.24) is 19.9 Å². The van der Waals surface area contributed by atoms with Gasteiger partial charge in [-0.2, -0.15) is 5.10 Å². The molecule has 2 N–H and O–H groups in total. The molecule has 0 unspecified atom stereocenters. The standard InChI is InChI=1S/C17H20N4O2S2/c1-11-5-4-6-14(9-11)17-19-15(10-24-17)7-8-18-25(22,23)16-12(2)20-21-13(16)3/h4-6,9-10,18H,7-8H2,1-3H3,(H,20,21). The minimum atomic E-state index is -3.57. The minimum absolute atomic E-state index is 0.228. The smallest absolute Gasteiger partial charge is 0.244 e. The van der Waals surface area contributed by atoms with Crippen LogP contribution in [0.4, 0.5) is 0 Å². The third-order valence-corrected chi connectivity index (χ3v) is 6.48. The van der Waals surface area contributed by atoms with Crippen molar-refractivity contribution in [2.45, 2.75) is 32.1 Å². The van der Waals surface area contributed by atoms with Gasteiger partial charge < -0.3 is 0 Å². The molecule has 0 fully saturated rings. The molecule has 0 amide bonds. The van der Waals surface area contributed by atoms with Crippen molar-refractivity contribution < 1.29 is 8.42 Å². The van der Waals surface area contributed by atoms with Gasteiger partial charge in [0.05, 0.1) is 17.1 Å². The first-order valence-electron chi connectivity index (χ1n) is 7.89. The minimum Gasteiger partial charge on any atom is -0.281 e. The number of nitrogens with zero attached hydrogens (tertiary/aromatic N) is 2. The number of aromatic nitrogens is 3. The second-order valence-electron chi connectivity index (χ2n) is 5.92. The Hall–Kier alpha value is -2.03. The van der Waals surface area contributed by atoms with E-state index in [0.717, 1.165) is 16.3 Å². The van der Waals surface area contributed by atoms with Crippen LogP contribution >= 0.6 is 11.3 Å². The van der Waals surface area contributed by atoms with Crippen LogP contribution in [-0.2, 0) is 16.4 Å². The van der Waals surface area contributed by atoms with E-state index < -0.39 is 10.0 Å². The summed E-state index contributed by atoms with van der Waals surface area (Å²) in [5, 5.41) is 9.55. The number of nitrogens with one attached hydrogen (secondary N) is 2. The second-order valence-corrected chi connectivity index (χ2v) is 8.49. The molecule has 25 heavy (non-hydrogen) atoms. The van der Waals surface area contributed by atoms with Gasteiger partial charge in [0.1, 0.15) is 9.90 Å². The Labute approximate surface area is 151 Å². The summed E-state index contributed by atoms with van der Waals surface area (Å²) in [6, 6.07) is 8.18. The van der Waals surface area contributed by atoms with Gasteiger partial charge in [0, 0.05) is 23.9 Å². The van der Waals surface area contributed by atoms with Crippen molar-refractivity contribution in [2.75, 3.05) is 6.54 Å². The van der Waals surface area contributed by atoms with Crippen LogP contribution in [0.5, 0.6) is 0 Å². The van der Waals surface area contributed by atoms with Crippen molar-refractivity contribution in [3.8, 4) is 10.6 Å². The summed E-state index contributed by atoms with van der Waals surface area (Å²) in [7, 11) is -3.57. The van der Waals surface area contributed by atoms with Crippen LogP contribution in [0.3, 0.4) is 0 Å². The van der Waals surface area contributed by atoms with Gasteiger partial charge in [0.2, 0.25) is 10.0 Å². The first-order valence-corrected chi connectivity index (χ1v) is 10.3. The Kier molecular flexibility index (Phi) is 5.03. The Bertz CT molecular complexity index is 970. The van der Waals surface area contributed by atoms with Gasteiger partial charge in [-0.15, -0.1) is 11.3 Å². The molecule has 0 aliphatic heterocycles. The SMILES string of the molecule is Cc1cccc(-c2nc(CCNS(=O)(=O)c3c(C)n[nH]c3C)cs2)c1. The Morgan fingerprint density at radius 2 is 2.04 bits per heavy atom. The Balaban J connectivity index is 1.65. The van der Waals surface area contributed by atoms with E-state index in [1.807, 2.05) is 30.5 Å². The van der Waals surface area contributed by atoms with Gasteiger partial charge in [-0.05, 0) is 26.8 Å². The predicted octanol–water partition coefficient (Wildman–Crippen LogP) is 2.98. The number of benzene rings is 1. The van der Waals surface area contributed by atoms with Gasteiger partial charge in [0.25, 0.3) is 0 Å². The van der Waals surface area contributed by atoms with Gasteiger partial charge >= 0.3 is 0 Å². The van der Waals surface area contributed by atoms with Crippen molar-refractivity contribution in [3.05, 3.63) is 52.3 Å². The summed E-state index contributed by atoms with van der Waals surface area (Å²) >= 11 is 1.57. The summed E-state index contributed by atoms with van der Waals surface area (Å²) in [5.41, 5.74) is 4.17. The number of thiazole rings is 1. The van der Waals surface area contributed by atoms with Crippen molar-refractivity contribution in [1.29, 1.82) is 0 Å². The molecule has 0 aliphatic carbocycles. The van der Waals surface area contributed by atoms with Crippen molar-refractivity contribution in [2.24, 2.45) is 0 Å². The van der Waals surface area contributed by atoms with Gasteiger partial charge in [0.15, 0.2) is 0 Å². The lowest BCUT2D eigenvalue weighted by Crippen LogP contribution is -2.27. The van der Waals surface area contributed by atoms with Crippen LogP contribution < -0.4 is 4.72 Å². The molecule has 0 saturated carbocycles. The summed E-state index contributed by atoms with van der Waals surface area (Å²) in [4.78, 5) is 4.83. The fourth-order valence-electron chi connectivity index (χ4n) is 2.65. The molecular formula is C17H20N4O2S2. The highest BCUT2D eigenvalue weighted by Crippen LogP contribution is 2.24. The molecular weight excluding hydrogens is 356 g/mol. The Morgan fingerprint density at radius 1 is 1.24 bits per heavy atom. The van der Waals surface area contributed by atoms with E-state index in [-0.39, 0.29) is 4.90 Å². The lowest BCUT2D eigenvalue weighted by molar-refractivity contribution is 0.580. The average molecular weight is 377 g/mol. The lowest BCUT2D eigenvalue weighted by atomic mass is 10.1. The lowest BCUT2D eigenvalue weighted by Gasteiger charge is -2.05. The zero-order valence-electron chi connectivity index (χ0n) is 14.3. The molecule has 0 bridgehead atoms. The van der Waals surface area contributed by atoms with Gasteiger partial charge in [-0.25, -0.2) is 18.1 Å². The third kappa shape index (κ3) is 3.97. The topological polar surface area (TPSA) is 87.7 Å². The van der Waals surface area contributed by atoms with Crippen LogP contribution in [-0.4, -0.2) is 30.1 Å². The number of rotatable bonds is 6. The third-order valence-electron chi connectivity index (χ3n) is 3.82. The van der Waals surface area contributed by atoms with Gasteiger partial charge in [-0.1, -0.05) is 23.8 Å². The maximum atomic E-state index is 12.4. The zero-order valence-corrected chi connectivity index (χ0v) is 16.0. The largest absolute Gasteiger partial charge is 0.281 e. The molecule has 0 aliphatic rings. The van der Waals surface area contributed by atoms with E-state index in [9.17, 15) is 8.42 Å². The summed E-state index contributed by atoms with van der Waals surface area (Å²) in [6.07, 6.45) is 0.539. The zero-order chi connectivity index (χ0) is 18.0. The molecule has 0 atom stereocenters.